The molecule has 0 aliphatic carbocycles. The van der Waals surface area contributed by atoms with Gasteiger partial charge in [0.15, 0.2) is 0 Å². The van der Waals surface area contributed by atoms with Gasteiger partial charge in [0.05, 0.1) is 0 Å². The monoisotopic (exact) mass is 269 g/mol. The molecule has 0 unspecified atom stereocenters. The molecule has 0 aliphatic rings. The van der Waals surface area contributed by atoms with Crippen LogP contribution < -0.4 is 0 Å². The second-order valence-corrected chi connectivity index (χ2v) is 0. The predicted octanol–water partition coefficient (Wildman–Crippen LogP) is -0.0100. The number of hydrogen-bond donors (Lipinski definition) is 0. The van der Waals surface area contributed by atoms with Crippen LogP contribution in [-0.2, 0) is 79.7 Å². The molecule has 0 aromatic rings. The predicted molar refractivity (Wildman–Crippen MR) is 0 cm³/mol. The summed E-state index contributed by atoms with van der Waals surface area (Å²) in [5.74, 6) is 0. The van der Waals surface area contributed by atoms with E-state index in [4.69, 9.17) is 0 Å². The third-order valence-corrected chi connectivity index (χ3v) is 0. The maximum Gasteiger partial charge on any atom is 0 e. The molecule has 0 bridgehead atoms. The van der Waals surface area contributed by atoms with Crippen molar-refractivity contribution in [1.29, 1.82) is 0 Å². The van der Waals surface area contributed by atoms with Gasteiger partial charge in [-0.3, -0.25) is 0 Å². The van der Waals surface area contributed by atoms with E-state index in [1.165, 1.54) is 0 Å². The Morgan fingerprint density at radius 1 is 1.00 bits per heavy atom. The molecular weight excluding hydrogens is 270 g/mol. The Morgan fingerprint density at radius 2 is 1.00 bits per heavy atom. The second-order valence-electron chi connectivity index (χ2n) is 0. The van der Waals surface area contributed by atoms with Crippen molar-refractivity contribution in [2.45, 2.75) is 0 Å². The molecule has 4 heteroatoms. The van der Waals surface area contributed by atoms with Crippen LogP contribution >= 0.6 is 0 Å². The zero-order valence-electron chi connectivity index (χ0n) is 1.55. The molecule has 31 valence electrons. The van der Waals surface area contributed by atoms with Crippen molar-refractivity contribution in [3.05, 3.63) is 0 Å². The van der Waals surface area contributed by atoms with E-state index in [1.807, 2.05) is 0 Å². The molecule has 0 atom stereocenters. The van der Waals surface area contributed by atoms with Crippen LogP contribution in [0.25, 0.3) is 0 Å². The first kappa shape index (κ1) is 31.0. The molecule has 0 aliphatic heterocycles. The fourth-order valence-electron chi connectivity index (χ4n) is 0. The molecule has 0 fully saturated rings. The summed E-state index contributed by atoms with van der Waals surface area (Å²) in [6.07, 6.45) is 0. The summed E-state index contributed by atoms with van der Waals surface area (Å²) in [6.45, 7) is 0. The van der Waals surface area contributed by atoms with Gasteiger partial charge in [-0.1, -0.05) is 0 Å². The molecule has 3 radical (unpaired) electrons. The topological polar surface area (TPSA) is 0 Å². The molecule has 0 rings (SSSR count). The maximum absolute atomic E-state index is 0. The van der Waals surface area contributed by atoms with Crippen molar-refractivity contribution in [3.63, 3.8) is 0 Å². The fraction of sp³-hybridized carbons (Fsp3) is 0. The number of hydrogen-bond acceptors (Lipinski definition) is 0. The van der Waals surface area contributed by atoms with Gasteiger partial charge >= 0.3 is 0 Å². The molecule has 0 spiro atoms. The van der Waals surface area contributed by atoms with Gasteiger partial charge in [-0.05, 0) is 0 Å². The molecule has 0 nitrogen and oxygen atoms in total. The zero-order valence-corrected chi connectivity index (χ0v) is 6.93. The van der Waals surface area contributed by atoms with E-state index in [1.54, 1.807) is 0 Å². The van der Waals surface area contributed by atoms with Crippen LogP contribution in [0.15, 0.2) is 0 Å². The molecule has 4 heavy (non-hydrogen) atoms. The molecular formula is AgCuTiV. The quantitative estimate of drug-likeness (QED) is 0.543. The van der Waals surface area contributed by atoms with Gasteiger partial charge in [0.2, 0.25) is 0 Å². The van der Waals surface area contributed by atoms with Gasteiger partial charge in [-0.2, -0.15) is 0 Å². The van der Waals surface area contributed by atoms with Gasteiger partial charge in [-0.15, -0.1) is 0 Å². The van der Waals surface area contributed by atoms with Crippen LogP contribution in [-0.4, -0.2) is 0 Å². The first-order valence-electron chi connectivity index (χ1n) is 0. The fourth-order valence-corrected chi connectivity index (χ4v) is 0. The summed E-state index contributed by atoms with van der Waals surface area (Å²) < 4.78 is 0. The van der Waals surface area contributed by atoms with Gasteiger partial charge < -0.3 is 0 Å². The normalized spacial score (nSPS) is 0. The first-order valence-corrected chi connectivity index (χ1v) is 0. The Bertz CT molecular complexity index is 8.00. The van der Waals surface area contributed by atoms with Crippen molar-refractivity contribution in [3.8, 4) is 0 Å². The van der Waals surface area contributed by atoms with E-state index in [9.17, 15) is 0 Å². The maximum atomic E-state index is 0. The summed E-state index contributed by atoms with van der Waals surface area (Å²) in [6, 6.07) is 0. The van der Waals surface area contributed by atoms with Crippen molar-refractivity contribution < 1.29 is 79.7 Å². The van der Waals surface area contributed by atoms with Crippen molar-refractivity contribution >= 4 is 0 Å². The van der Waals surface area contributed by atoms with E-state index < -0.39 is 0 Å². The molecule has 0 saturated carbocycles. The summed E-state index contributed by atoms with van der Waals surface area (Å²) >= 11 is 0. The van der Waals surface area contributed by atoms with E-state index in [2.05, 4.69) is 0 Å². The van der Waals surface area contributed by atoms with Crippen LogP contribution in [0.1, 0.15) is 0 Å². The van der Waals surface area contributed by atoms with Crippen LogP contribution in [0.3, 0.4) is 0 Å². The van der Waals surface area contributed by atoms with Crippen molar-refractivity contribution in [2.24, 2.45) is 0 Å². The first-order chi connectivity index (χ1) is 0. The standard InChI is InChI=1S/Ag.Cu.Ti.V. The summed E-state index contributed by atoms with van der Waals surface area (Å²) in [4.78, 5) is 0. The minimum atomic E-state index is 0. The van der Waals surface area contributed by atoms with Gasteiger partial charge in [0.1, 0.15) is 0 Å². The van der Waals surface area contributed by atoms with Crippen molar-refractivity contribution in [1.82, 2.24) is 0 Å². The molecule has 0 saturated heterocycles. The van der Waals surface area contributed by atoms with E-state index >= 15 is 0 Å². The van der Waals surface area contributed by atoms with Crippen molar-refractivity contribution in [2.75, 3.05) is 0 Å². The zero-order chi connectivity index (χ0) is 0. The van der Waals surface area contributed by atoms with Gasteiger partial charge in [0.25, 0.3) is 0 Å². The van der Waals surface area contributed by atoms with Crippen LogP contribution in [0, 0.1) is 0 Å². The SMILES string of the molecule is [Ag].[Cu].[Ti].[V]. The van der Waals surface area contributed by atoms with Gasteiger partial charge in [-0.25, -0.2) is 0 Å². The van der Waals surface area contributed by atoms with E-state index in [0.29, 0.717) is 0 Å². The second kappa shape index (κ2) is 17.6. The summed E-state index contributed by atoms with van der Waals surface area (Å²) in [5.41, 5.74) is 0. The Hall–Kier alpha value is 2.56. The molecule has 0 heterocycles. The Kier molecular flexibility index (Phi) is 137. The van der Waals surface area contributed by atoms with E-state index in [0.717, 1.165) is 0 Å². The largest absolute Gasteiger partial charge is 0 e. The minimum absolute atomic E-state index is 0. The Balaban J connectivity index is 0. The average Bonchev–Trinajstić information content (AvgIpc) is 0. The molecule has 0 amide bonds. The van der Waals surface area contributed by atoms with Crippen LogP contribution in [0.5, 0.6) is 0 Å². The van der Waals surface area contributed by atoms with Gasteiger partial charge in [0, 0.05) is 79.7 Å². The van der Waals surface area contributed by atoms with E-state index in [-0.39, 0.29) is 79.7 Å². The Labute approximate surface area is 78.6 Å². The molecule has 0 aromatic carbocycles. The Morgan fingerprint density at radius 3 is 1.00 bits per heavy atom. The summed E-state index contributed by atoms with van der Waals surface area (Å²) in [5, 5.41) is 0. The minimum Gasteiger partial charge on any atom is 0 e. The average molecular weight is 270 g/mol. The number of rotatable bonds is 0. The third kappa shape index (κ3) is 8.82. The van der Waals surface area contributed by atoms with Crippen LogP contribution in [0.2, 0.25) is 0 Å². The summed E-state index contributed by atoms with van der Waals surface area (Å²) in [7, 11) is 0. The smallest absolute Gasteiger partial charge is 0 e. The van der Waals surface area contributed by atoms with Crippen LogP contribution in [0.4, 0.5) is 0 Å². The third-order valence-electron chi connectivity index (χ3n) is 0. The molecule has 0 aromatic heterocycles. The molecule has 0 N–H and O–H groups in total.